The first kappa shape index (κ1) is 24.5. The molecule has 33 heavy (non-hydrogen) atoms. The van der Waals surface area contributed by atoms with Gasteiger partial charge in [0.25, 0.3) is 0 Å². The summed E-state index contributed by atoms with van der Waals surface area (Å²) in [6.45, 7) is 8.52. The van der Waals surface area contributed by atoms with E-state index in [1.54, 1.807) is 33.8 Å². The Balaban J connectivity index is 1.98. The lowest BCUT2D eigenvalue weighted by atomic mass is 10.1. The Morgan fingerprint density at radius 3 is 2.30 bits per heavy atom. The molecule has 0 saturated carbocycles. The van der Waals surface area contributed by atoms with Crippen molar-refractivity contribution in [2.45, 2.75) is 65.0 Å². The van der Waals surface area contributed by atoms with Gasteiger partial charge < -0.3 is 14.2 Å². The van der Waals surface area contributed by atoms with Crippen molar-refractivity contribution in [3.63, 3.8) is 0 Å². The molecule has 11 heteroatoms. The van der Waals surface area contributed by atoms with E-state index in [4.69, 9.17) is 14.2 Å². The van der Waals surface area contributed by atoms with Crippen LogP contribution in [0.25, 0.3) is 10.9 Å². The Bertz CT molecular complexity index is 1080. The summed E-state index contributed by atoms with van der Waals surface area (Å²) in [5.74, 6) is -2.28. The SMILES string of the molecule is COC(=O)C1CC(Oc2nc(C(F)(F)F)nc3cc(C)c(C)cc23)CN1C(=O)OC(C)(C)C. The monoisotopic (exact) mass is 469 g/mol. The predicted octanol–water partition coefficient (Wildman–Crippen LogP) is 4.20. The Labute approximate surface area is 189 Å². The van der Waals surface area contributed by atoms with Crippen LogP contribution in [0.15, 0.2) is 12.1 Å². The molecule has 0 bridgehead atoms. The summed E-state index contributed by atoms with van der Waals surface area (Å²) < 4.78 is 56.2. The van der Waals surface area contributed by atoms with Gasteiger partial charge in [-0.15, -0.1) is 0 Å². The lowest BCUT2D eigenvalue weighted by Gasteiger charge is -2.27. The number of likely N-dealkylation sites (tertiary alicyclic amines) is 1. The van der Waals surface area contributed by atoms with E-state index in [0.29, 0.717) is 5.39 Å². The minimum absolute atomic E-state index is 0.00358. The van der Waals surface area contributed by atoms with Crippen LogP contribution >= 0.6 is 0 Å². The second kappa shape index (κ2) is 8.68. The molecule has 8 nitrogen and oxygen atoms in total. The number of methoxy groups -OCH3 is 1. The lowest BCUT2D eigenvalue weighted by molar-refractivity contribution is -0.146. The average molecular weight is 469 g/mol. The standard InChI is InChI=1S/C22H26F3N3O5/c1-11-7-14-15(8-12(11)2)26-19(22(23,24)25)27-17(14)32-13-9-16(18(29)31-6)28(10-13)20(30)33-21(3,4)5/h7-8,13,16H,9-10H2,1-6H3. The molecule has 0 aliphatic carbocycles. The molecule has 3 rings (SSSR count). The molecule has 0 N–H and O–H groups in total. The highest BCUT2D eigenvalue weighted by Gasteiger charge is 2.44. The predicted molar refractivity (Wildman–Crippen MR) is 112 cm³/mol. The second-order valence-corrected chi connectivity index (χ2v) is 8.95. The average Bonchev–Trinajstić information content (AvgIpc) is 3.10. The van der Waals surface area contributed by atoms with Gasteiger partial charge in [0.05, 0.1) is 24.6 Å². The van der Waals surface area contributed by atoms with Crippen molar-refractivity contribution >= 4 is 23.0 Å². The first-order valence-corrected chi connectivity index (χ1v) is 10.3. The maximum atomic E-state index is 13.4. The van der Waals surface area contributed by atoms with Gasteiger partial charge in [-0.1, -0.05) is 0 Å². The van der Waals surface area contributed by atoms with Gasteiger partial charge in [-0.05, 0) is 57.9 Å². The van der Waals surface area contributed by atoms with Crippen LogP contribution in [0, 0.1) is 13.8 Å². The normalized spacial score (nSPS) is 19.0. The van der Waals surface area contributed by atoms with Gasteiger partial charge in [-0.3, -0.25) is 4.90 Å². The van der Waals surface area contributed by atoms with Gasteiger partial charge >= 0.3 is 18.2 Å². The van der Waals surface area contributed by atoms with Crippen molar-refractivity contribution in [3.05, 3.63) is 29.1 Å². The van der Waals surface area contributed by atoms with Gasteiger partial charge in [0.2, 0.25) is 11.7 Å². The summed E-state index contributed by atoms with van der Waals surface area (Å²) in [6, 6.07) is 2.18. The van der Waals surface area contributed by atoms with Gasteiger partial charge in [-0.25, -0.2) is 14.6 Å². The molecule has 180 valence electrons. The summed E-state index contributed by atoms with van der Waals surface area (Å²) in [7, 11) is 1.18. The van der Waals surface area contributed by atoms with E-state index in [9.17, 15) is 22.8 Å². The number of halogens is 3. The molecule has 1 aliphatic rings. The van der Waals surface area contributed by atoms with Crippen LogP contribution in [-0.2, 0) is 20.4 Å². The zero-order chi connectivity index (χ0) is 24.7. The van der Waals surface area contributed by atoms with Crippen LogP contribution in [0.3, 0.4) is 0 Å². The number of aryl methyl sites for hydroxylation is 2. The molecule has 2 aromatic rings. The molecule has 1 fully saturated rings. The Kier molecular flexibility index (Phi) is 6.45. The number of hydrogen-bond acceptors (Lipinski definition) is 7. The van der Waals surface area contributed by atoms with Crippen LogP contribution in [0.2, 0.25) is 0 Å². The van der Waals surface area contributed by atoms with Gasteiger partial charge in [0.15, 0.2) is 0 Å². The van der Waals surface area contributed by atoms with Crippen LogP contribution in [0.1, 0.15) is 44.1 Å². The van der Waals surface area contributed by atoms with Crippen LogP contribution < -0.4 is 4.74 Å². The summed E-state index contributed by atoms with van der Waals surface area (Å²) in [5, 5.41) is 0.302. The van der Waals surface area contributed by atoms with E-state index in [-0.39, 0.29) is 24.4 Å². The fourth-order valence-electron chi connectivity index (χ4n) is 3.50. The maximum Gasteiger partial charge on any atom is 0.451 e. The number of carbonyl (C=O) groups excluding carboxylic acids is 2. The van der Waals surface area contributed by atoms with Crippen LogP contribution in [0.4, 0.5) is 18.0 Å². The van der Waals surface area contributed by atoms with E-state index in [1.807, 2.05) is 6.92 Å². The largest absolute Gasteiger partial charge is 0.472 e. The summed E-state index contributed by atoms with van der Waals surface area (Å²) in [5.41, 5.74) is 0.867. The van der Waals surface area contributed by atoms with Crippen molar-refractivity contribution in [2.75, 3.05) is 13.7 Å². The first-order chi connectivity index (χ1) is 15.2. The maximum absolute atomic E-state index is 13.4. The smallest absolute Gasteiger partial charge is 0.451 e. The number of hydrogen-bond donors (Lipinski definition) is 0. The number of ether oxygens (including phenoxy) is 3. The molecule has 1 amide bonds. The number of amides is 1. The molecule has 0 spiro atoms. The zero-order valence-electron chi connectivity index (χ0n) is 19.2. The molecule has 2 atom stereocenters. The Morgan fingerprint density at radius 1 is 1.09 bits per heavy atom. The number of carbonyl (C=O) groups is 2. The molecule has 1 aromatic carbocycles. The lowest BCUT2D eigenvalue weighted by Crippen LogP contribution is -2.44. The van der Waals surface area contributed by atoms with Crippen molar-refractivity contribution in [3.8, 4) is 5.88 Å². The summed E-state index contributed by atoms with van der Waals surface area (Å²) in [4.78, 5) is 33.3. The third kappa shape index (κ3) is 5.45. The van der Waals surface area contributed by atoms with Crippen molar-refractivity contribution < 1.29 is 37.0 Å². The minimum Gasteiger partial charge on any atom is -0.472 e. The van der Waals surface area contributed by atoms with Gasteiger partial charge in [-0.2, -0.15) is 18.2 Å². The number of benzene rings is 1. The number of alkyl halides is 3. The third-order valence-electron chi connectivity index (χ3n) is 5.17. The van der Waals surface area contributed by atoms with Gasteiger partial charge in [0.1, 0.15) is 17.7 Å². The van der Waals surface area contributed by atoms with Crippen molar-refractivity contribution in [1.82, 2.24) is 14.9 Å². The van der Waals surface area contributed by atoms with Gasteiger partial charge in [0, 0.05) is 6.42 Å². The minimum atomic E-state index is -4.78. The number of fused-ring (bicyclic) bond motifs is 1. The number of rotatable bonds is 3. The van der Waals surface area contributed by atoms with E-state index in [1.165, 1.54) is 13.2 Å². The third-order valence-corrected chi connectivity index (χ3v) is 5.17. The Hall–Kier alpha value is -3.11. The molecule has 0 radical (unpaired) electrons. The summed E-state index contributed by atoms with van der Waals surface area (Å²) >= 11 is 0. The Morgan fingerprint density at radius 2 is 1.73 bits per heavy atom. The second-order valence-electron chi connectivity index (χ2n) is 8.95. The number of esters is 1. The molecule has 1 aromatic heterocycles. The fourth-order valence-corrected chi connectivity index (χ4v) is 3.50. The summed E-state index contributed by atoms with van der Waals surface area (Å²) in [6.07, 6.45) is -6.34. The van der Waals surface area contributed by atoms with Crippen LogP contribution in [-0.4, -0.2) is 58.3 Å². The molecule has 2 unspecified atom stereocenters. The highest BCUT2D eigenvalue weighted by molar-refractivity contribution is 5.85. The van der Waals surface area contributed by atoms with E-state index in [0.717, 1.165) is 16.0 Å². The van der Waals surface area contributed by atoms with E-state index < -0.39 is 41.8 Å². The van der Waals surface area contributed by atoms with Crippen LogP contribution in [0.5, 0.6) is 5.88 Å². The fraction of sp³-hybridized carbons (Fsp3) is 0.545. The van der Waals surface area contributed by atoms with E-state index >= 15 is 0 Å². The molecule has 1 aliphatic heterocycles. The first-order valence-electron chi connectivity index (χ1n) is 10.3. The number of aromatic nitrogens is 2. The quantitative estimate of drug-likeness (QED) is 0.623. The van der Waals surface area contributed by atoms with Crippen molar-refractivity contribution in [1.29, 1.82) is 0 Å². The highest BCUT2D eigenvalue weighted by Crippen LogP contribution is 2.34. The topological polar surface area (TPSA) is 90.9 Å². The molecular formula is C22H26F3N3O5. The number of nitrogens with zero attached hydrogens (tertiary/aromatic N) is 3. The molecule has 2 heterocycles. The highest BCUT2D eigenvalue weighted by atomic mass is 19.4. The van der Waals surface area contributed by atoms with Crippen molar-refractivity contribution in [2.24, 2.45) is 0 Å². The molecule has 1 saturated heterocycles. The zero-order valence-corrected chi connectivity index (χ0v) is 19.2. The van der Waals surface area contributed by atoms with E-state index in [2.05, 4.69) is 9.97 Å². The molecular weight excluding hydrogens is 443 g/mol.